The number of cyclic esters (lactones) is 1. The minimum Gasteiger partial charge on any atom is -0.454 e. The van der Waals surface area contributed by atoms with Gasteiger partial charge in [-0.1, -0.05) is 6.92 Å². The van der Waals surface area contributed by atoms with E-state index in [-0.39, 0.29) is 0 Å². The summed E-state index contributed by atoms with van der Waals surface area (Å²) in [4.78, 5) is 11.1. The molecular weight excluding hydrogens is 172 g/mol. The highest BCUT2D eigenvalue weighted by Crippen LogP contribution is 2.34. The predicted molar refractivity (Wildman–Crippen MR) is 46.0 cm³/mol. The van der Waals surface area contributed by atoms with E-state index in [0.717, 1.165) is 0 Å². The van der Waals surface area contributed by atoms with Crippen LogP contribution in [0.15, 0.2) is 0 Å². The molecule has 0 aromatic carbocycles. The molecule has 1 fully saturated rings. The minimum atomic E-state index is -1.13. The van der Waals surface area contributed by atoms with Gasteiger partial charge in [0.1, 0.15) is 6.10 Å². The van der Waals surface area contributed by atoms with Crippen molar-refractivity contribution in [2.45, 2.75) is 45.0 Å². The van der Waals surface area contributed by atoms with E-state index in [9.17, 15) is 15.0 Å². The van der Waals surface area contributed by atoms with Gasteiger partial charge in [-0.2, -0.15) is 0 Å². The fourth-order valence-electron chi connectivity index (χ4n) is 1.67. The molecule has 4 atom stereocenters. The highest BCUT2D eigenvalue weighted by Gasteiger charge is 2.53. The van der Waals surface area contributed by atoms with Crippen molar-refractivity contribution in [3.8, 4) is 0 Å². The van der Waals surface area contributed by atoms with E-state index in [2.05, 4.69) is 0 Å². The van der Waals surface area contributed by atoms with Gasteiger partial charge in [-0.15, -0.1) is 0 Å². The second kappa shape index (κ2) is 3.27. The molecular formula is C9H16O4. The molecule has 2 N–H and O–H groups in total. The van der Waals surface area contributed by atoms with E-state index >= 15 is 0 Å². The summed E-state index contributed by atoms with van der Waals surface area (Å²) in [6.45, 7) is 4.94. The second-order valence-corrected chi connectivity index (χ2v) is 3.76. The lowest BCUT2D eigenvalue weighted by atomic mass is 9.87. The van der Waals surface area contributed by atoms with Gasteiger partial charge in [-0.3, -0.25) is 4.79 Å². The Balaban J connectivity index is 2.87. The van der Waals surface area contributed by atoms with Gasteiger partial charge in [0.05, 0.1) is 12.0 Å². The molecule has 0 aromatic rings. The van der Waals surface area contributed by atoms with Crippen LogP contribution >= 0.6 is 0 Å². The maximum absolute atomic E-state index is 11.1. The zero-order chi connectivity index (χ0) is 10.2. The molecule has 0 unspecified atom stereocenters. The van der Waals surface area contributed by atoms with Crippen LogP contribution in [-0.4, -0.2) is 34.0 Å². The number of carbonyl (C=O) groups excluding carboxylic acids is 1. The van der Waals surface area contributed by atoms with Gasteiger partial charge in [0.2, 0.25) is 0 Å². The Labute approximate surface area is 77.5 Å². The summed E-state index contributed by atoms with van der Waals surface area (Å²) >= 11 is 0. The van der Waals surface area contributed by atoms with Gasteiger partial charge in [0, 0.05) is 0 Å². The molecule has 4 nitrogen and oxygen atoms in total. The number of esters is 1. The third kappa shape index (κ3) is 1.44. The Morgan fingerprint density at radius 3 is 2.54 bits per heavy atom. The average molecular weight is 188 g/mol. The van der Waals surface area contributed by atoms with Crippen molar-refractivity contribution >= 4 is 5.97 Å². The van der Waals surface area contributed by atoms with Gasteiger partial charge < -0.3 is 14.9 Å². The molecule has 13 heavy (non-hydrogen) atoms. The quantitative estimate of drug-likeness (QED) is 0.602. The molecule has 1 saturated heterocycles. The molecule has 0 bridgehead atoms. The van der Waals surface area contributed by atoms with Crippen molar-refractivity contribution in [3.63, 3.8) is 0 Å². The van der Waals surface area contributed by atoms with Crippen LogP contribution in [0.3, 0.4) is 0 Å². The Hall–Kier alpha value is -0.610. The first kappa shape index (κ1) is 10.5. The van der Waals surface area contributed by atoms with E-state index in [1.807, 2.05) is 0 Å². The maximum atomic E-state index is 11.1. The Kier molecular flexibility index (Phi) is 2.63. The summed E-state index contributed by atoms with van der Waals surface area (Å²) in [5.74, 6) is -0.992. The SMILES string of the molecule is CC[C@H](O)[C@]1(C)OC(=O)[C@H](C)[C@H]1O. The summed E-state index contributed by atoms with van der Waals surface area (Å²) in [6.07, 6.45) is -1.28. The number of aliphatic hydroxyl groups excluding tert-OH is 2. The molecule has 0 spiro atoms. The monoisotopic (exact) mass is 188 g/mol. The molecule has 0 amide bonds. The van der Waals surface area contributed by atoms with E-state index in [1.54, 1.807) is 20.8 Å². The smallest absolute Gasteiger partial charge is 0.312 e. The van der Waals surface area contributed by atoms with Crippen molar-refractivity contribution in [2.75, 3.05) is 0 Å². The van der Waals surface area contributed by atoms with E-state index in [1.165, 1.54) is 0 Å². The number of ether oxygens (including phenoxy) is 1. The lowest BCUT2D eigenvalue weighted by Gasteiger charge is -2.31. The second-order valence-electron chi connectivity index (χ2n) is 3.76. The highest BCUT2D eigenvalue weighted by atomic mass is 16.6. The Morgan fingerprint density at radius 2 is 2.23 bits per heavy atom. The standard InChI is InChI=1S/C9H16O4/c1-4-6(10)9(3)7(11)5(2)8(12)13-9/h5-7,10-11H,4H2,1-3H3/t5-,6+,7-,9+/m1/s1. The first-order chi connectivity index (χ1) is 5.93. The molecule has 0 radical (unpaired) electrons. The van der Waals surface area contributed by atoms with E-state index < -0.39 is 29.7 Å². The van der Waals surface area contributed by atoms with E-state index in [4.69, 9.17) is 4.74 Å². The van der Waals surface area contributed by atoms with Crippen molar-refractivity contribution in [3.05, 3.63) is 0 Å². The zero-order valence-electron chi connectivity index (χ0n) is 8.15. The summed E-state index contributed by atoms with van der Waals surface area (Å²) in [6, 6.07) is 0. The van der Waals surface area contributed by atoms with Gasteiger partial charge in [0.15, 0.2) is 5.60 Å². The van der Waals surface area contributed by atoms with Crippen molar-refractivity contribution < 1.29 is 19.7 Å². The van der Waals surface area contributed by atoms with Crippen LogP contribution in [0.25, 0.3) is 0 Å². The Morgan fingerprint density at radius 1 is 1.69 bits per heavy atom. The number of rotatable bonds is 2. The molecule has 0 aliphatic carbocycles. The third-order valence-corrected chi connectivity index (χ3v) is 2.80. The van der Waals surface area contributed by atoms with Crippen molar-refractivity contribution in [1.29, 1.82) is 0 Å². The lowest BCUT2D eigenvalue weighted by Crippen LogP contribution is -2.48. The summed E-state index contributed by atoms with van der Waals surface area (Å²) in [5.41, 5.74) is -1.13. The molecule has 76 valence electrons. The zero-order valence-corrected chi connectivity index (χ0v) is 8.15. The summed E-state index contributed by atoms with van der Waals surface area (Å²) < 4.78 is 4.99. The molecule has 1 aliphatic heterocycles. The number of carbonyl (C=O) groups is 1. The van der Waals surface area contributed by atoms with Crippen molar-refractivity contribution in [1.82, 2.24) is 0 Å². The largest absolute Gasteiger partial charge is 0.454 e. The van der Waals surface area contributed by atoms with Crippen LogP contribution in [0.1, 0.15) is 27.2 Å². The van der Waals surface area contributed by atoms with Crippen LogP contribution < -0.4 is 0 Å². The highest BCUT2D eigenvalue weighted by molar-refractivity contribution is 5.76. The molecule has 1 aliphatic rings. The molecule has 0 saturated carbocycles. The van der Waals surface area contributed by atoms with Crippen LogP contribution in [0, 0.1) is 5.92 Å². The van der Waals surface area contributed by atoms with Gasteiger partial charge >= 0.3 is 5.97 Å². The van der Waals surface area contributed by atoms with Crippen LogP contribution in [0.2, 0.25) is 0 Å². The molecule has 4 heteroatoms. The average Bonchev–Trinajstić information content (AvgIpc) is 2.30. The maximum Gasteiger partial charge on any atom is 0.312 e. The molecule has 1 heterocycles. The predicted octanol–water partition coefficient (Wildman–Crippen LogP) is 0.0698. The van der Waals surface area contributed by atoms with Crippen molar-refractivity contribution in [2.24, 2.45) is 5.92 Å². The van der Waals surface area contributed by atoms with Gasteiger partial charge in [-0.25, -0.2) is 0 Å². The van der Waals surface area contributed by atoms with Gasteiger partial charge in [-0.05, 0) is 20.3 Å². The first-order valence-electron chi connectivity index (χ1n) is 4.52. The molecule has 0 aromatic heterocycles. The third-order valence-electron chi connectivity index (χ3n) is 2.80. The van der Waals surface area contributed by atoms with Crippen LogP contribution in [0.5, 0.6) is 0 Å². The number of hydrogen-bond donors (Lipinski definition) is 2. The summed E-state index contributed by atoms with van der Waals surface area (Å²) in [5, 5.41) is 19.3. The van der Waals surface area contributed by atoms with Gasteiger partial charge in [0.25, 0.3) is 0 Å². The minimum absolute atomic E-state index is 0.442. The fourth-order valence-corrected chi connectivity index (χ4v) is 1.67. The first-order valence-corrected chi connectivity index (χ1v) is 4.52. The van der Waals surface area contributed by atoms with Crippen LogP contribution in [0.4, 0.5) is 0 Å². The molecule has 1 rings (SSSR count). The number of hydrogen-bond acceptors (Lipinski definition) is 4. The fraction of sp³-hybridized carbons (Fsp3) is 0.889. The topological polar surface area (TPSA) is 66.8 Å². The van der Waals surface area contributed by atoms with Crippen LogP contribution in [-0.2, 0) is 9.53 Å². The normalized spacial score (nSPS) is 41.8. The lowest BCUT2D eigenvalue weighted by molar-refractivity contribution is -0.163. The van der Waals surface area contributed by atoms with E-state index in [0.29, 0.717) is 6.42 Å². The number of aliphatic hydroxyl groups is 2. The Bertz CT molecular complexity index is 216. The summed E-state index contributed by atoms with van der Waals surface area (Å²) in [7, 11) is 0.